The third-order valence-electron chi connectivity index (χ3n) is 3.13. The fourth-order valence-electron chi connectivity index (χ4n) is 2.05. The second-order valence-corrected chi connectivity index (χ2v) is 4.79. The molecule has 0 aliphatic carbocycles. The topological polar surface area (TPSA) is 58.6 Å². The fourth-order valence-corrected chi connectivity index (χ4v) is 2.05. The van der Waals surface area contributed by atoms with E-state index in [2.05, 4.69) is 12.2 Å². The monoisotopic (exact) mass is 279 g/mol. The number of carbonyl (C=O) groups excluding carboxylic acids is 1. The lowest BCUT2D eigenvalue weighted by atomic mass is 10.1. The van der Waals surface area contributed by atoms with E-state index in [1.54, 1.807) is 0 Å². The van der Waals surface area contributed by atoms with Crippen LogP contribution in [-0.2, 0) is 9.53 Å². The van der Waals surface area contributed by atoms with Gasteiger partial charge < -0.3 is 15.2 Å². The zero-order valence-electron chi connectivity index (χ0n) is 11.2. The summed E-state index contributed by atoms with van der Waals surface area (Å²) in [5.74, 6) is -0.213. The van der Waals surface area contributed by atoms with E-state index in [9.17, 15) is 9.90 Å². The molecule has 108 valence electrons. The molecule has 1 fully saturated rings. The van der Waals surface area contributed by atoms with Crippen molar-refractivity contribution >= 4 is 18.4 Å². The van der Waals surface area contributed by atoms with Gasteiger partial charge in [-0.1, -0.05) is 39.0 Å². The summed E-state index contributed by atoms with van der Waals surface area (Å²) in [6.07, 6.45) is 7.22. The lowest BCUT2D eigenvalue weighted by molar-refractivity contribution is -0.146. The number of rotatable bonds is 8. The summed E-state index contributed by atoms with van der Waals surface area (Å²) in [6, 6.07) is -0.301. The molecule has 0 aromatic rings. The molecule has 1 heterocycles. The number of halogens is 1. The number of β-amino-alcohol motifs (C(OH)–C–C–N with tert-alkyl or cyclic N) is 1. The lowest BCUT2D eigenvalue weighted by Gasteiger charge is -2.09. The van der Waals surface area contributed by atoms with Crippen molar-refractivity contribution in [3.05, 3.63) is 0 Å². The van der Waals surface area contributed by atoms with E-state index < -0.39 is 6.10 Å². The number of hydrogen-bond acceptors (Lipinski definition) is 4. The highest BCUT2D eigenvalue weighted by molar-refractivity contribution is 5.85. The minimum atomic E-state index is -0.401. The summed E-state index contributed by atoms with van der Waals surface area (Å²) in [5, 5.41) is 12.2. The summed E-state index contributed by atoms with van der Waals surface area (Å²) in [4.78, 5) is 11.5. The molecule has 1 aliphatic rings. The van der Waals surface area contributed by atoms with Crippen LogP contribution >= 0.6 is 12.4 Å². The van der Waals surface area contributed by atoms with Crippen LogP contribution in [0.4, 0.5) is 0 Å². The van der Waals surface area contributed by atoms with Crippen LogP contribution in [-0.4, -0.2) is 36.4 Å². The van der Waals surface area contributed by atoms with Crippen molar-refractivity contribution in [2.24, 2.45) is 0 Å². The average molecular weight is 280 g/mol. The van der Waals surface area contributed by atoms with Gasteiger partial charge >= 0.3 is 5.97 Å². The van der Waals surface area contributed by atoms with Crippen LogP contribution in [0, 0.1) is 0 Å². The first-order valence-electron chi connectivity index (χ1n) is 6.82. The molecular formula is C13H26ClNO3. The van der Waals surface area contributed by atoms with Gasteiger partial charge in [0.2, 0.25) is 0 Å². The predicted molar refractivity (Wildman–Crippen MR) is 74.0 cm³/mol. The molecule has 2 atom stereocenters. The molecule has 4 nitrogen and oxygen atoms in total. The van der Waals surface area contributed by atoms with Crippen molar-refractivity contribution in [1.29, 1.82) is 0 Å². The summed E-state index contributed by atoms with van der Waals surface area (Å²) < 4.78 is 5.17. The third kappa shape index (κ3) is 7.19. The van der Waals surface area contributed by atoms with Crippen LogP contribution in [0.5, 0.6) is 0 Å². The highest BCUT2D eigenvalue weighted by atomic mass is 35.5. The third-order valence-corrected chi connectivity index (χ3v) is 3.13. The van der Waals surface area contributed by atoms with Crippen LogP contribution in [0.25, 0.3) is 0 Å². The van der Waals surface area contributed by atoms with Gasteiger partial charge in [-0.15, -0.1) is 12.4 Å². The molecule has 0 aromatic heterocycles. The van der Waals surface area contributed by atoms with Crippen LogP contribution < -0.4 is 5.32 Å². The normalized spacial score (nSPS) is 22.6. The molecule has 2 N–H and O–H groups in total. The van der Waals surface area contributed by atoms with Crippen molar-refractivity contribution in [2.75, 3.05) is 13.2 Å². The maximum Gasteiger partial charge on any atom is 0.323 e. The zero-order valence-corrected chi connectivity index (χ0v) is 12.0. The number of aliphatic hydroxyl groups excluding tert-OH is 1. The SMILES string of the molecule is CCCCCCCCOC(=O)[C@@H]1C[C@@H](O)CN1.Cl. The first-order valence-corrected chi connectivity index (χ1v) is 6.82. The van der Waals surface area contributed by atoms with Gasteiger partial charge in [-0.2, -0.15) is 0 Å². The Hall–Kier alpha value is -0.320. The van der Waals surface area contributed by atoms with Gasteiger partial charge in [-0.25, -0.2) is 0 Å². The molecule has 1 aliphatic heterocycles. The zero-order chi connectivity index (χ0) is 12.5. The van der Waals surface area contributed by atoms with Gasteiger partial charge in [-0.05, 0) is 6.42 Å². The van der Waals surface area contributed by atoms with Crippen molar-refractivity contribution in [1.82, 2.24) is 5.32 Å². The Kier molecular flexibility index (Phi) is 10.4. The molecule has 0 amide bonds. The molecule has 5 heteroatoms. The van der Waals surface area contributed by atoms with Crippen LogP contribution in [0.15, 0.2) is 0 Å². The molecule has 0 spiro atoms. The predicted octanol–water partition coefficient (Wildman–Crippen LogP) is 2.03. The van der Waals surface area contributed by atoms with Crippen molar-refractivity contribution in [3.8, 4) is 0 Å². The van der Waals surface area contributed by atoms with Gasteiger partial charge in [0, 0.05) is 13.0 Å². The van der Waals surface area contributed by atoms with E-state index in [0.717, 1.165) is 12.8 Å². The van der Waals surface area contributed by atoms with Gasteiger partial charge in [0.05, 0.1) is 12.7 Å². The summed E-state index contributed by atoms with van der Waals surface area (Å²) in [6.45, 7) is 3.21. The Morgan fingerprint density at radius 2 is 1.94 bits per heavy atom. The second kappa shape index (κ2) is 10.6. The summed E-state index contributed by atoms with van der Waals surface area (Å²) in [5.41, 5.74) is 0. The van der Waals surface area contributed by atoms with Crippen LogP contribution in [0.3, 0.4) is 0 Å². The first kappa shape index (κ1) is 17.7. The summed E-state index contributed by atoms with van der Waals surface area (Å²) in [7, 11) is 0. The Balaban J connectivity index is 0.00000289. The van der Waals surface area contributed by atoms with Gasteiger partial charge in [0.25, 0.3) is 0 Å². The van der Waals surface area contributed by atoms with E-state index >= 15 is 0 Å². The van der Waals surface area contributed by atoms with Crippen molar-refractivity contribution < 1.29 is 14.6 Å². The molecule has 18 heavy (non-hydrogen) atoms. The smallest absolute Gasteiger partial charge is 0.323 e. The molecular weight excluding hydrogens is 254 g/mol. The Morgan fingerprint density at radius 1 is 1.28 bits per heavy atom. The summed E-state index contributed by atoms with van der Waals surface area (Å²) >= 11 is 0. The van der Waals surface area contributed by atoms with E-state index in [4.69, 9.17) is 4.74 Å². The highest BCUT2D eigenvalue weighted by Crippen LogP contribution is 2.09. The maximum absolute atomic E-state index is 11.5. The van der Waals surface area contributed by atoms with E-state index in [1.165, 1.54) is 25.7 Å². The number of unbranched alkanes of at least 4 members (excludes halogenated alkanes) is 5. The standard InChI is InChI=1S/C13H25NO3.ClH/c1-2-3-4-5-6-7-8-17-13(16)12-9-11(15)10-14-12;/h11-12,14-15H,2-10H2,1H3;1H/t11-,12+;/m1./s1. The van der Waals surface area contributed by atoms with Crippen molar-refractivity contribution in [3.63, 3.8) is 0 Å². The number of nitrogens with one attached hydrogen (secondary N) is 1. The van der Waals surface area contributed by atoms with Gasteiger partial charge in [-0.3, -0.25) is 4.79 Å². The molecule has 0 saturated carbocycles. The average Bonchev–Trinajstić information content (AvgIpc) is 2.74. The molecule has 0 unspecified atom stereocenters. The number of ether oxygens (including phenoxy) is 1. The number of esters is 1. The van der Waals surface area contributed by atoms with Crippen LogP contribution in [0.1, 0.15) is 51.9 Å². The van der Waals surface area contributed by atoms with Crippen molar-refractivity contribution in [2.45, 2.75) is 64.0 Å². The second-order valence-electron chi connectivity index (χ2n) is 4.79. The molecule has 1 saturated heterocycles. The minimum absolute atomic E-state index is 0. The van der Waals surface area contributed by atoms with Crippen LogP contribution in [0.2, 0.25) is 0 Å². The quantitative estimate of drug-likeness (QED) is 0.527. The highest BCUT2D eigenvalue weighted by Gasteiger charge is 2.28. The van der Waals surface area contributed by atoms with Gasteiger partial charge in [0.15, 0.2) is 0 Å². The number of hydrogen-bond donors (Lipinski definition) is 2. The Labute approximate surface area is 116 Å². The fraction of sp³-hybridized carbons (Fsp3) is 0.923. The number of carbonyl (C=O) groups is 1. The molecule has 0 aromatic carbocycles. The Morgan fingerprint density at radius 3 is 2.56 bits per heavy atom. The van der Waals surface area contributed by atoms with E-state index in [1.807, 2.05) is 0 Å². The Bertz CT molecular complexity index is 226. The largest absolute Gasteiger partial charge is 0.465 e. The number of aliphatic hydroxyl groups is 1. The maximum atomic E-state index is 11.5. The molecule has 0 bridgehead atoms. The van der Waals surface area contributed by atoms with E-state index in [0.29, 0.717) is 19.6 Å². The molecule has 0 radical (unpaired) electrons. The van der Waals surface area contributed by atoms with Gasteiger partial charge in [0.1, 0.15) is 6.04 Å². The lowest BCUT2D eigenvalue weighted by Crippen LogP contribution is -2.32. The molecule has 1 rings (SSSR count). The van der Waals surface area contributed by atoms with E-state index in [-0.39, 0.29) is 24.4 Å². The minimum Gasteiger partial charge on any atom is -0.465 e. The first-order chi connectivity index (χ1) is 8.24.